The van der Waals surface area contributed by atoms with Crippen molar-refractivity contribution in [1.29, 1.82) is 5.26 Å². The number of nitro groups is 1. The van der Waals surface area contributed by atoms with Crippen molar-refractivity contribution in [2.24, 2.45) is 0 Å². The van der Waals surface area contributed by atoms with E-state index in [0.29, 0.717) is 16.9 Å². The van der Waals surface area contributed by atoms with E-state index in [1.54, 1.807) is 42.5 Å². The number of hydrogen-bond acceptors (Lipinski definition) is 6. The fraction of sp³-hybridized carbons (Fsp3) is 0.0417. The predicted octanol–water partition coefficient (Wildman–Crippen LogP) is 5.32. The fourth-order valence-electron chi connectivity index (χ4n) is 2.73. The van der Waals surface area contributed by atoms with Gasteiger partial charge in [0.2, 0.25) is 0 Å². The number of nitriles is 1. The van der Waals surface area contributed by atoms with Gasteiger partial charge in [0.25, 0.3) is 11.6 Å². The van der Waals surface area contributed by atoms with Crippen LogP contribution in [-0.2, 0) is 4.79 Å². The molecule has 0 spiro atoms. The summed E-state index contributed by atoms with van der Waals surface area (Å²) in [4.78, 5) is 35.0. The lowest BCUT2D eigenvalue weighted by Crippen LogP contribution is -2.13. The number of ether oxygens (including phenoxy) is 1. The predicted molar refractivity (Wildman–Crippen MR) is 123 cm³/mol. The van der Waals surface area contributed by atoms with E-state index in [0.717, 1.165) is 11.6 Å². The molecule has 3 aromatic carbocycles. The molecule has 164 valence electrons. The van der Waals surface area contributed by atoms with Gasteiger partial charge in [0.1, 0.15) is 22.4 Å². The third kappa shape index (κ3) is 6.03. The average Bonchev–Trinajstić information content (AvgIpc) is 2.80. The molecule has 3 aromatic rings. The van der Waals surface area contributed by atoms with Crippen LogP contribution in [0.15, 0.2) is 72.3 Å². The summed E-state index contributed by atoms with van der Waals surface area (Å²) in [6.07, 6.45) is 1.34. The molecule has 0 radical (unpaired) electrons. The van der Waals surface area contributed by atoms with Gasteiger partial charge in [-0.1, -0.05) is 41.4 Å². The van der Waals surface area contributed by atoms with Crippen LogP contribution in [0.4, 0.5) is 11.4 Å². The van der Waals surface area contributed by atoms with Crippen LogP contribution in [0.3, 0.4) is 0 Å². The summed E-state index contributed by atoms with van der Waals surface area (Å²) in [6.45, 7) is 1.91. The monoisotopic (exact) mass is 461 g/mol. The van der Waals surface area contributed by atoms with Gasteiger partial charge >= 0.3 is 5.97 Å². The van der Waals surface area contributed by atoms with Crippen LogP contribution >= 0.6 is 11.6 Å². The second-order valence-corrected chi connectivity index (χ2v) is 7.28. The van der Waals surface area contributed by atoms with Gasteiger partial charge in [0, 0.05) is 11.8 Å². The summed E-state index contributed by atoms with van der Waals surface area (Å²) in [7, 11) is 0. The van der Waals surface area contributed by atoms with Crippen LogP contribution in [0.5, 0.6) is 5.75 Å². The van der Waals surface area contributed by atoms with Gasteiger partial charge in [-0.15, -0.1) is 0 Å². The van der Waals surface area contributed by atoms with Crippen molar-refractivity contribution < 1.29 is 19.2 Å². The largest absolute Gasteiger partial charge is 0.423 e. The molecule has 0 bridgehead atoms. The lowest BCUT2D eigenvalue weighted by molar-refractivity contribution is -0.384. The summed E-state index contributed by atoms with van der Waals surface area (Å²) in [5.74, 6) is -0.953. The number of anilines is 1. The molecule has 3 rings (SSSR count). The van der Waals surface area contributed by atoms with Gasteiger partial charge in [-0.3, -0.25) is 14.9 Å². The van der Waals surface area contributed by atoms with Gasteiger partial charge in [-0.05, 0) is 55.0 Å². The maximum atomic E-state index is 12.4. The minimum Gasteiger partial charge on any atom is -0.423 e. The number of benzene rings is 3. The number of rotatable bonds is 6. The lowest BCUT2D eigenvalue weighted by atomic mass is 10.1. The topological polar surface area (TPSA) is 122 Å². The summed E-state index contributed by atoms with van der Waals surface area (Å²) in [6, 6.07) is 18.7. The zero-order valence-electron chi connectivity index (χ0n) is 17.2. The molecule has 1 N–H and O–H groups in total. The highest BCUT2D eigenvalue weighted by molar-refractivity contribution is 6.32. The average molecular weight is 462 g/mol. The molecule has 0 atom stereocenters. The van der Waals surface area contributed by atoms with Gasteiger partial charge in [0.05, 0.1) is 10.5 Å². The maximum absolute atomic E-state index is 12.4. The van der Waals surface area contributed by atoms with E-state index in [9.17, 15) is 25.0 Å². The minimum absolute atomic E-state index is 0.0720. The second-order valence-electron chi connectivity index (χ2n) is 6.87. The van der Waals surface area contributed by atoms with Crippen molar-refractivity contribution in [2.75, 3.05) is 5.32 Å². The highest BCUT2D eigenvalue weighted by atomic mass is 35.5. The highest BCUT2D eigenvalue weighted by Gasteiger charge is 2.16. The molecule has 0 aliphatic rings. The number of amides is 1. The number of nitrogens with zero attached hydrogens (tertiary/aromatic N) is 2. The Kier molecular flexibility index (Phi) is 7.18. The number of hydrogen-bond donors (Lipinski definition) is 1. The Labute approximate surface area is 193 Å². The highest BCUT2D eigenvalue weighted by Crippen LogP contribution is 2.27. The van der Waals surface area contributed by atoms with Crippen LogP contribution in [0.1, 0.15) is 21.5 Å². The third-order valence-electron chi connectivity index (χ3n) is 4.45. The van der Waals surface area contributed by atoms with E-state index in [1.165, 1.54) is 30.3 Å². The molecule has 8 nitrogen and oxygen atoms in total. The molecule has 0 aromatic heterocycles. The molecule has 0 aliphatic heterocycles. The summed E-state index contributed by atoms with van der Waals surface area (Å²) in [5, 5.41) is 22.7. The Morgan fingerprint density at radius 2 is 1.76 bits per heavy atom. The molecular weight excluding hydrogens is 446 g/mol. The first-order chi connectivity index (χ1) is 15.8. The second kappa shape index (κ2) is 10.2. The number of carbonyl (C=O) groups excluding carboxylic acids is 2. The van der Waals surface area contributed by atoms with E-state index in [1.807, 2.05) is 6.92 Å². The fourth-order valence-corrected chi connectivity index (χ4v) is 2.92. The molecule has 0 aliphatic carbocycles. The Morgan fingerprint density at radius 3 is 2.36 bits per heavy atom. The van der Waals surface area contributed by atoms with Crippen molar-refractivity contribution in [3.8, 4) is 11.8 Å². The quantitative estimate of drug-likeness (QED) is 0.132. The molecule has 0 saturated heterocycles. The Hall–Kier alpha value is -4.48. The molecule has 1 amide bonds. The molecular formula is C24H16ClN3O5. The van der Waals surface area contributed by atoms with Gasteiger partial charge in [0.15, 0.2) is 0 Å². The van der Waals surface area contributed by atoms with Gasteiger partial charge in [-0.25, -0.2) is 4.79 Å². The normalized spacial score (nSPS) is 10.8. The van der Waals surface area contributed by atoms with Gasteiger partial charge < -0.3 is 10.1 Å². The van der Waals surface area contributed by atoms with E-state index in [2.05, 4.69) is 5.32 Å². The number of carbonyl (C=O) groups is 2. The SMILES string of the molecule is Cc1ccc(C(=O)Oc2ccc(/C=C(\C#N)C(=O)Nc3ccc(Cl)c([N+](=O)[O-])c3)cc2)cc1. The number of aryl methyl sites for hydroxylation is 1. The van der Waals surface area contributed by atoms with E-state index >= 15 is 0 Å². The van der Waals surface area contributed by atoms with Crippen molar-refractivity contribution in [3.63, 3.8) is 0 Å². The number of halogens is 1. The van der Waals surface area contributed by atoms with Crippen LogP contribution in [0.25, 0.3) is 6.08 Å². The van der Waals surface area contributed by atoms with Gasteiger partial charge in [-0.2, -0.15) is 5.26 Å². The number of nitro benzene ring substituents is 1. The molecule has 0 saturated carbocycles. The first-order valence-electron chi connectivity index (χ1n) is 9.53. The smallest absolute Gasteiger partial charge is 0.343 e. The zero-order valence-corrected chi connectivity index (χ0v) is 18.0. The van der Waals surface area contributed by atoms with E-state index in [4.69, 9.17) is 16.3 Å². The van der Waals surface area contributed by atoms with Crippen LogP contribution in [-0.4, -0.2) is 16.8 Å². The summed E-state index contributed by atoms with van der Waals surface area (Å²) >= 11 is 5.76. The maximum Gasteiger partial charge on any atom is 0.343 e. The van der Waals surface area contributed by atoms with Crippen molar-refractivity contribution in [2.45, 2.75) is 6.92 Å². The first kappa shape index (κ1) is 23.2. The Morgan fingerprint density at radius 1 is 1.09 bits per heavy atom. The number of esters is 1. The summed E-state index contributed by atoms with van der Waals surface area (Å²) < 4.78 is 5.32. The lowest BCUT2D eigenvalue weighted by Gasteiger charge is -2.06. The van der Waals surface area contributed by atoms with Crippen molar-refractivity contribution in [1.82, 2.24) is 0 Å². The first-order valence-corrected chi connectivity index (χ1v) is 9.90. The van der Waals surface area contributed by atoms with Crippen LogP contribution in [0.2, 0.25) is 5.02 Å². The third-order valence-corrected chi connectivity index (χ3v) is 4.77. The Bertz CT molecular complexity index is 1290. The molecule has 0 fully saturated rings. The summed E-state index contributed by atoms with van der Waals surface area (Å²) in [5.41, 5.74) is 1.48. The van der Waals surface area contributed by atoms with Crippen LogP contribution in [0, 0.1) is 28.4 Å². The molecule has 33 heavy (non-hydrogen) atoms. The zero-order chi connectivity index (χ0) is 24.0. The van der Waals surface area contributed by atoms with E-state index < -0.39 is 16.8 Å². The molecule has 9 heteroatoms. The van der Waals surface area contributed by atoms with Crippen LogP contribution < -0.4 is 10.1 Å². The standard InChI is InChI=1S/C24H16ClN3O5/c1-15-2-6-17(7-3-15)24(30)33-20-9-4-16(5-10-20)12-18(14-26)23(29)27-19-8-11-21(25)22(13-19)28(31)32/h2-13H,1H3,(H,27,29)/b18-12+. The minimum atomic E-state index is -0.746. The van der Waals surface area contributed by atoms with Crippen molar-refractivity contribution >= 4 is 40.9 Å². The number of nitrogens with one attached hydrogen (secondary N) is 1. The molecule has 0 heterocycles. The molecule has 0 unspecified atom stereocenters. The Balaban J connectivity index is 1.70. The van der Waals surface area contributed by atoms with Crippen molar-refractivity contribution in [3.05, 3.63) is 104 Å². The van der Waals surface area contributed by atoms with E-state index in [-0.39, 0.29) is 22.0 Å².